The van der Waals surface area contributed by atoms with Crippen LogP contribution in [-0.2, 0) is 16.6 Å². The highest BCUT2D eigenvalue weighted by atomic mass is 19.1. The number of ether oxygens (including phenoxy) is 1. The van der Waals surface area contributed by atoms with Crippen molar-refractivity contribution in [1.82, 2.24) is 10.3 Å². The standard InChI is InChI=1S/C21H21FN2O2/c1-26-16-4-2-3-14(11-16)7-10-23-20(25)21(8-9-21)18-13-24-19-6-5-15(22)12-17(18)19/h2-6,11-13,24H,7-10H2,1H3,(H,23,25). The average molecular weight is 352 g/mol. The first-order valence-electron chi connectivity index (χ1n) is 8.81. The molecule has 134 valence electrons. The molecule has 5 heteroatoms. The van der Waals surface area contributed by atoms with Crippen molar-refractivity contribution in [3.05, 3.63) is 65.6 Å². The number of amides is 1. The zero-order valence-electron chi connectivity index (χ0n) is 14.6. The Morgan fingerprint density at radius 1 is 1.27 bits per heavy atom. The summed E-state index contributed by atoms with van der Waals surface area (Å²) >= 11 is 0. The van der Waals surface area contributed by atoms with E-state index in [1.807, 2.05) is 30.5 Å². The molecule has 0 radical (unpaired) electrons. The molecule has 0 unspecified atom stereocenters. The lowest BCUT2D eigenvalue weighted by Gasteiger charge is -2.15. The number of aromatic amines is 1. The van der Waals surface area contributed by atoms with Crippen molar-refractivity contribution in [2.24, 2.45) is 0 Å². The highest BCUT2D eigenvalue weighted by Crippen LogP contribution is 2.50. The van der Waals surface area contributed by atoms with E-state index in [0.717, 1.165) is 47.0 Å². The second-order valence-corrected chi connectivity index (χ2v) is 6.83. The highest BCUT2D eigenvalue weighted by molar-refractivity contribution is 5.97. The summed E-state index contributed by atoms with van der Waals surface area (Å²) in [5.41, 5.74) is 2.34. The van der Waals surface area contributed by atoms with Crippen LogP contribution in [0.1, 0.15) is 24.0 Å². The van der Waals surface area contributed by atoms with Crippen LogP contribution in [-0.4, -0.2) is 24.5 Å². The van der Waals surface area contributed by atoms with Crippen molar-refractivity contribution in [1.29, 1.82) is 0 Å². The number of hydrogen-bond donors (Lipinski definition) is 2. The molecule has 1 aliphatic carbocycles. The third kappa shape index (κ3) is 2.94. The smallest absolute Gasteiger partial charge is 0.230 e. The van der Waals surface area contributed by atoms with Crippen molar-refractivity contribution < 1.29 is 13.9 Å². The van der Waals surface area contributed by atoms with Gasteiger partial charge in [0.05, 0.1) is 12.5 Å². The van der Waals surface area contributed by atoms with Crippen LogP contribution in [0.5, 0.6) is 5.75 Å². The Morgan fingerprint density at radius 3 is 2.88 bits per heavy atom. The first-order chi connectivity index (χ1) is 12.6. The predicted octanol–water partition coefficient (Wildman–Crippen LogP) is 3.71. The van der Waals surface area contributed by atoms with Gasteiger partial charge in [0.15, 0.2) is 0 Å². The molecule has 1 aromatic heterocycles. The number of benzene rings is 2. The second-order valence-electron chi connectivity index (χ2n) is 6.83. The molecular weight excluding hydrogens is 331 g/mol. The zero-order valence-corrected chi connectivity index (χ0v) is 14.6. The van der Waals surface area contributed by atoms with Gasteiger partial charge in [-0.15, -0.1) is 0 Å². The Hall–Kier alpha value is -2.82. The fourth-order valence-corrected chi connectivity index (χ4v) is 3.55. The van der Waals surface area contributed by atoms with E-state index in [0.29, 0.717) is 6.54 Å². The van der Waals surface area contributed by atoms with Gasteiger partial charge in [0.1, 0.15) is 11.6 Å². The zero-order chi connectivity index (χ0) is 18.1. The summed E-state index contributed by atoms with van der Waals surface area (Å²) in [4.78, 5) is 16.0. The van der Waals surface area contributed by atoms with Crippen LogP contribution in [0, 0.1) is 5.82 Å². The van der Waals surface area contributed by atoms with Gasteiger partial charge < -0.3 is 15.0 Å². The fourth-order valence-electron chi connectivity index (χ4n) is 3.55. The average Bonchev–Trinajstić information content (AvgIpc) is 3.36. The maximum absolute atomic E-state index is 13.6. The second kappa shape index (κ2) is 6.48. The number of rotatable bonds is 6. The third-order valence-electron chi connectivity index (χ3n) is 5.18. The van der Waals surface area contributed by atoms with E-state index < -0.39 is 5.41 Å². The van der Waals surface area contributed by atoms with Crippen molar-refractivity contribution in [2.75, 3.05) is 13.7 Å². The van der Waals surface area contributed by atoms with Gasteiger partial charge >= 0.3 is 0 Å². The Kier molecular flexibility index (Phi) is 4.15. The van der Waals surface area contributed by atoms with Crippen LogP contribution in [0.15, 0.2) is 48.7 Å². The molecule has 0 aliphatic heterocycles. The normalized spacial score (nSPS) is 15.0. The van der Waals surface area contributed by atoms with Crippen LogP contribution >= 0.6 is 0 Å². The number of nitrogens with one attached hydrogen (secondary N) is 2. The quantitative estimate of drug-likeness (QED) is 0.711. The minimum absolute atomic E-state index is 0.0190. The number of carbonyl (C=O) groups is 1. The first-order valence-corrected chi connectivity index (χ1v) is 8.81. The van der Waals surface area contributed by atoms with Gasteiger partial charge in [-0.2, -0.15) is 0 Å². The highest BCUT2D eigenvalue weighted by Gasteiger charge is 2.52. The Labute approximate surface area is 151 Å². The minimum Gasteiger partial charge on any atom is -0.497 e. The SMILES string of the molecule is COc1cccc(CCNC(=O)C2(c3c[nH]c4ccc(F)cc34)CC2)c1. The number of carbonyl (C=O) groups excluding carboxylic acids is 1. The van der Waals surface area contributed by atoms with Crippen LogP contribution in [0.2, 0.25) is 0 Å². The van der Waals surface area contributed by atoms with Crippen LogP contribution in [0.4, 0.5) is 4.39 Å². The summed E-state index contributed by atoms with van der Waals surface area (Å²) in [7, 11) is 1.64. The molecule has 2 N–H and O–H groups in total. The molecule has 0 spiro atoms. The molecule has 1 amide bonds. The van der Waals surface area contributed by atoms with Crippen LogP contribution in [0.25, 0.3) is 10.9 Å². The van der Waals surface area contributed by atoms with Gasteiger partial charge in [-0.05, 0) is 60.7 Å². The van der Waals surface area contributed by atoms with Gasteiger partial charge in [0.25, 0.3) is 0 Å². The van der Waals surface area contributed by atoms with Gasteiger partial charge in [-0.3, -0.25) is 4.79 Å². The summed E-state index contributed by atoms with van der Waals surface area (Å²) in [6.45, 7) is 0.560. The molecule has 1 fully saturated rings. The van der Waals surface area contributed by atoms with Crippen molar-refractivity contribution in [2.45, 2.75) is 24.7 Å². The Morgan fingerprint density at radius 2 is 2.12 bits per heavy atom. The number of hydrogen-bond acceptors (Lipinski definition) is 2. The van der Waals surface area contributed by atoms with Crippen LogP contribution in [0.3, 0.4) is 0 Å². The van der Waals surface area contributed by atoms with E-state index in [4.69, 9.17) is 4.74 Å². The molecule has 0 bridgehead atoms. The fraction of sp³-hybridized carbons (Fsp3) is 0.286. The van der Waals surface area contributed by atoms with E-state index in [2.05, 4.69) is 10.3 Å². The molecule has 1 saturated carbocycles. The summed E-state index contributed by atoms with van der Waals surface area (Å²) in [5.74, 6) is 0.548. The number of H-pyrrole nitrogens is 1. The molecule has 4 nitrogen and oxygen atoms in total. The third-order valence-corrected chi connectivity index (χ3v) is 5.18. The predicted molar refractivity (Wildman–Crippen MR) is 98.9 cm³/mol. The molecule has 0 atom stereocenters. The maximum Gasteiger partial charge on any atom is 0.230 e. The van der Waals surface area contributed by atoms with Gasteiger partial charge in [0.2, 0.25) is 5.91 Å². The summed E-state index contributed by atoms with van der Waals surface area (Å²) in [6.07, 6.45) is 4.17. The Balaban J connectivity index is 1.46. The van der Waals surface area contributed by atoms with E-state index >= 15 is 0 Å². The summed E-state index contributed by atoms with van der Waals surface area (Å²) < 4.78 is 18.9. The molecule has 4 rings (SSSR count). The van der Waals surface area contributed by atoms with Crippen LogP contribution < -0.4 is 10.1 Å². The van der Waals surface area contributed by atoms with Crippen molar-refractivity contribution in [3.8, 4) is 5.75 Å². The summed E-state index contributed by atoms with van der Waals surface area (Å²) in [6, 6.07) is 12.5. The maximum atomic E-state index is 13.6. The number of fused-ring (bicyclic) bond motifs is 1. The van der Waals surface area contributed by atoms with Crippen molar-refractivity contribution >= 4 is 16.8 Å². The molecule has 1 heterocycles. The van der Waals surface area contributed by atoms with Crippen molar-refractivity contribution in [3.63, 3.8) is 0 Å². The lowest BCUT2D eigenvalue weighted by atomic mass is 9.94. The minimum atomic E-state index is -0.527. The molecular formula is C21H21FN2O2. The van der Waals surface area contributed by atoms with Gasteiger partial charge in [-0.25, -0.2) is 4.39 Å². The molecule has 1 aliphatic rings. The lowest BCUT2D eigenvalue weighted by molar-refractivity contribution is -0.123. The van der Waals surface area contributed by atoms with E-state index in [-0.39, 0.29) is 11.7 Å². The molecule has 0 saturated heterocycles. The monoisotopic (exact) mass is 352 g/mol. The number of halogens is 1. The number of methoxy groups -OCH3 is 1. The number of aromatic nitrogens is 1. The van der Waals surface area contributed by atoms with Gasteiger partial charge in [-0.1, -0.05) is 12.1 Å². The Bertz CT molecular complexity index is 960. The largest absolute Gasteiger partial charge is 0.497 e. The topological polar surface area (TPSA) is 54.1 Å². The molecule has 26 heavy (non-hydrogen) atoms. The lowest BCUT2D eigenvalue weighted by Crippen LogP contribution is -2.35. The van der Waals surface area contributed by atoms with Gasteiger partial charge in [0, 0.05) is 23.6 Å². The first kappa shape index (κ1) is 16.6. The van der Waals surface area contributed by atoms with E-state index in [1.165, 1.54) is 12.1 Å². The van der Waals surface area contributed by atoms with E-state index in [9.17, 15) is 9.18 Å². The molecule has 3 aromatic rings. The molecule has 2 aromatic carbocycles. The summed E-state index contributed by atoms with van der Waals surface area (Å²) in [5, 5.41) is 3.85. The van der Waals surface area contributed by atoms with E-state index in [1.54, 1.807) is 13.2 Å².